The summed E-state index contributed by atoms with van der Waals surface area (Å²) in [5.74, 6) is -0.387. The number of benzene rings is 1. The first-order valence-electron chi connectivity index (χ1n) is 6.89. The van der Waals surface area contributed by atoms with Gasteiger partial charge in [-0.3, -0.25) is 0 Å². The van der Waals surface area contributed by atoms with Crippen LogP contribution in [-0.2, 0) is 5.41 Å². The van der Waals surface area contributed by atoms with Gasteiger partial charge >= 0.3 is 0 Å². The molecular formula is C16H20ClFN2. The number of hydrogen-bond acceptors (Lipinski definition) is 2. The SMILES string of the molecule is CC(C)(C)CC1NCCC1(C#N)c1ccc(Cl)cc1F. The van der Waals surface area contributed by atoms with Crippen molar-refractivity contribution in [2.45, 2.75) is 45.1 Å². The molecule has 20 heavy (non-hydrogen) atoms. The first kappa shape index (κ1) is 15.3. The van der Waals surface area contributed by atoms with Crippen molar-refractivity contribution in [2.24, 2.45) is 5.41 Å². The van der Waals surface area contributed by atoms with Gasteiger partial charge in [-0.05, 0) is 36.9 Å². The smallest absolute Gasteiger partial charge is 0.129 e. The number of halogens is 2. The lowest BCUT2D eigenvalue weighted by molar-refractivity contribution is 0.285. The van der Waals surface area contributed by atoms with Crippen molar-refractivity contribution in [1.29, 1.82) is 5.26 Å². The Balaban J connectivity index is 2.45. The average Bonchev–Trinajstić information content (AvgIpc) is 2.70. The van der Waals surface area contributed by atoms with Crippen molar-refractivity contribution in [3.8, 4) is 6.07 Å². The van der Waals surface area contributed by atoms with Gasteiger partial charge in [0.05, 0.1) is 6.07 Å². The summed E-state index contributed by atoms with van der Waals surface area (Å²) >= 11 is 5.82. The fraction of sp³-hybridized carbons (Fsp3) is 0.562. The van der Waals surface area contributed by atoms with E-state index in [0.29, 0.717) is 17.0 Å². The van der Waals surface area contributed by atoms with Crippen LogP contribution in [-0.4, -0.2) is 12.6 Å². The van der Waals surface area contributed by atoms with Gasteiger partial charge in [-0.25, -0.2) is 4.39 Å². The quantitative estimate of drug-likeness (QED) is 0.893. The summed E-state index contributed by atoms with van der Waals surface area (Å²) in [6.07, 6.45) is 1.45. The molecular weight excluding hydrogens is 275 g/mol. The number of nitrogens with zero attached hydrogens (tertiary/aromatic N) is 1. The minimum atomic E-state index is -0.804. The van der Waals surface area contributed by atoms with Gasteiger partial charge in [0.2, 0.25) is 0 Å². The van der Waals surface area contributed by atoms with Crippen LogP contribution in [0.5, 0.6) is 0 Å². The van der Waals surface area contributed by atoms with Crippen LogP contribution < -0.4 is 5.32 Å². The molecule has 2 nitrogen and oxygen atoms in total. The van der Waals surface area contributed by atoms with Crippen molar-refractivity contribution in [3.63, 3.8) is 0 Å². The molecule has 1 heterocycles. The Bertz CT molecular complexity index is 544. The molecule has 2 unspecified atom stereocenters. The lowest BCUT2D eigenvalue weighted by Crippen LogP contribution is -2.42. The van der Waals surface area contributed by atoms with E-state index in [1.54, 1.807) is 12.1 Å². The molecule has 0 amide bonds. The van der Waals surface area contributed by atoms with Gasteiger partial charge in [0.25, 0.3) is 0 Å². The fourth-order valence-electron chi connectivity index (χ4n) is 3.02. The van der Waals surface area contributed by atoms with E-state index in [4.69, 9.17) is 11.6 Å². The molecule has 1 saturated heterocycles. The monoisotopic (exact) mass is 294 g/mol. The lowest BCUT2D eigenvalue weighted by atomic mass is 9.70. The molecule has 0 saturated carbocycles. The third-order valence-corrected chi connectivity index (χ3v) is 4.17. The van der Waals surface area contributed by atoms with Crippen LogP contribution in [0.3, 0.4) is 0 Å². The number of rotatable bonds is 2. The van der Waals surface area contributed by atoms with E-state index in [1.807, 2.05) is 0 Å². The van der Waals surface area contributed by atoms with Crippen LogP contribution >= 0.6 is 11.6 Å². The molecule has 0 aliphatic carbocycles. The molecule has 1 aliphatic heterocycles. The van der Waals surface area contributed by atoms with Gasteiger partial charge < -0.3 is 5.32 Å². The maximum absolute atomic E-state index is 14.3. The molecule has 108 valence electrons. The molecule has 0 bridgehead atoms. The fourth-order valence-corrected chi connectivity index (χ4v) is 3.18. The Kier molecular flexibility index (Phi) is 4.09. The van der Waals surface area contributed by atoms with E-state index in [1.165, 1.54) is 6.07 Å². The lowest BCUT2D eigenvalue weighted by Gasteiger charge is -2.33. The molecule has 1 aromatic rings. The summed E-state index contributed by atoms with van der Waals surface area (Å²) in [5.41, 5.74) is -0.266. The number of nitriles is 1. The topological polar surface area (TPSA) is 35.8 Å². The summed E-state index contributed by atoms with van der Waals surface area (Å²) in [6.45, 7) is 7.13. The second-order valence-electron chi connectivity index (χ2n) is 6.73. The summed E-state index contributed by atoms with van der Waals surface area (Å²) in [6, 6.07) is 6.95. The highest BCUT2D eigenvalue weighted by molar-refractivity contribution is 6.30. The Morgan fingerprint density at radius 2 is 2.20 bits per heavy atom. The predicted octanol–water partition coefficient (Wildman–Crippen LogP) is 4.04. The maximum Gasteiger partial charge on any atom is 0.129 e. The largest absolute Gasteiger partial charge is 0.312 e. The zero-order chi connectivity index (χ0) is 15.0. The number of nitrogens with one attached hydrogen (secondary N) is 1. The van der Waals surface area contributed by atoms with Gasteiger partial charge in [-0.2, -0.15) is 5.26 Å². The summed E-state index contributed by atoms with van der Waals surface area (Å²) < 4.78 is 14.3. The molecule has 0 radical (unpaired) electrons. The van der Waals surface area contributed by atoms with E-state index < -0.39 is 5.41 Å². The second-order valence-corrected chi connectivity index (χ2v) is 7.17. The standard InChI is InChI=1S/C16H20ClFN2/c1-15(2,3)9-14-16(10-19,6-7-20-14)12-5-4-11(17)8-13(12)18/h4-5,8,14,20H,6-7,9H2,1-3H3. The molecule has 2 atom stereocenters. The van der Waals surface area contributed by atoms with E-state index >= 15 is 0 Å². The van der Waals surface area contributed by atoms with Crippen LogP contribution in [0.15, 0.2) is 18.2 Å². The second kappa shape index (κ2) is 5.35. The van der Waals surface area contributed by atoms with E-state index in [-0.39, 0.29) is 17.3 Å². The Morgan fingerprint density at radius 3 is 2.75 bits per heavy atom. The van der Waals surface area contributed by atoms with Gasteiger partial charge in [0, 0.05) is 16.6 Å². The minimum Gasteiger partial charge on any atom is -0.312 e. The van der Waals surface area contributed by atoms with E-state index in [9.17, 15) is 9.65 Å². The van der Waals surface area contributed by atoms with Crippen molar-refractivity contribution >= 4 is 11.6 Å². The van der Waals surface area contributed by atoms with Gasteiger partial charge in [-0.1, -0.05) is 38.4 Å². The summed E-state index contributed by atoms with van der Waals surface area (Å²) in [7, 11) is 0. The highest BCUT2D eigenvalue weighted by Crippen LogP contribution is 2.41. The van der Waals surface area contributed by atoms with E-state index in [2.05, 4.69) is 32.2 Å². The van der Waals surface area contributed by atoms with Crippen LogP contribution in [0.25, 0.3) is 0 Å². The van der Waals surface area contributed by atoms with Gasteiger partial charge in [-0.15, -0.1) is 0 Å². The first-order valence-corrected chi connectivity index (χ1v) is 7.26. The predicted molar refractivity (Wildman–Crippen MR) is 79.2 cm³/mol. The molecule has 1 N–H and O–H groups in total. The molecule has 0 spiro atoms. The highest BCUT2D eigenvalue weighted by Gasteiger charge is 2.47. The van der Waals surface area contributed by atoms with E-state index in [0.717, 1.165) is 13.0 Å². The van der Waals surface area contributed by atoms with Crippen molar-refractivity contribution in [3.05, 3.63) is 34.6 Å². The molecule has 2 rings (SSSR count). The zero-order valence-electron chi connectivity index (χ0n) is 12.1. The summed E-state index contributed by atoms with van der Waals surface area (Å²) in [4.78, 5) is 0. The molecule has 1 aliphatic rings. The van der Waals surface area contributed by atoms with Crippen molar-refractivity contribution < 1.29 is 4.39 Å². The zero-order valence-corrected chi connectivity index (χ0v) is 12.9. The minimum absolute atomic E-state index is 0.0387. The van der Waals surface area contributed by atoms with Crippen LogP contribution in [0.4, 0.5) is 4.39 Å². The molecule has 1 fully saturated rings. The molecule has 4 heteroatoms. The third kappa shape index (κ3) is 2.82. The molecule has 0 aromatic heterocycles. The first-order chi connectivity index (χ1) is 9.28. The number of hydrogen-bond donors (Lipinski definition) is 1. The van der Waals surface area contributed by atoms with Crippen LogP contribution in [0, 0.1) is 22.6 Å². The van der Waals surface area contributed by atoms with Gasteiger partial charge in [0.15, 0.2) is 0 Å². The van der Waals surface area contributed by atoms with Crippen molar-refractivity contribution in [2.75, 3.05) is 6.54 Å². The molecule has 1 aromatic carbocycles. The summed E-state index contributed by atoms with van der Waals surface area (Å²) in [5, 5.41) is 13.5. The highest BCUT2D eigenvalue weighted by atomic mass is 35.5. The van der Waals surface area contributed by atoms with Crippen LogP contribution in [0.1, 0.15) is 39.2 Å². The average molecular weight is 295 g/mol. The Labute approximate surface area is 124 Å². The maximum atomic E-state index is 14.3. The van der Waals surface area contributed by atoms with Crippen molar-refractivity contribution in [1.82, 2.24) is 5.32 Å². The Hall–Kier alpha value is -1.11. The van der Waals surface area contributed by atoms with Crippen LogP contribution in [0.2, 0.25) is 5.02 Å². The Morgan fingerprint density at radius 1 is 1.50 bits per heavy atom. The van der Waals surface area contributed by atoms with Gasteiger partial charge in [0.1, 0.15) is 11.2 Å². The normalized spacial score (nSPS) is 26.5. The third-order valence-electron chi connectivity index (χ3n) is 3.93.